The number of carboxylic acid groups (broad SMARTS) is 2. The van der Waals surface area contributed by atoms with E-state index in [4.69, 9.17) is 37.8 Å². The van der Waals surface area contributed by atoms with Crippen LogP contribution in [0.15, 0.2) is 24.3 Å². The molecule has 0 aliphatic heterocycles. The first-order chi connectivity index (χ1) is 8.25. The normalized spacial score (nSPS) is 12.8. The Labute approximate surface area is 107 Å². The van der Waals surface area contributed by atoms with E-state index in [2.05, 4.69) is 0 Å². The number of benzene rings is 1. The molecule has 1 rings (SSSR count). The molecule has 0 spiro atoms. The molecular weight excluding hydrogens is 266 g/mol. The summed E-state index contributed by atoms with van der Waals surface area (Å²) in [5, 5.41) is 33.2. The van der Waals surface area contributed by atoms with E-state index in [1.165, 1.54) is 0 Å². The lowest BCUT2D eigenvalue weighted by Gasteiger charge is -2.07. The Kier molecular flexibility index (Phi) is 6.73. The molecular formula is C10H12ClNO6. The number of aliphatic hydroxyl groups excluding tert-OH is 2. The van der Waals surface area contributed by atoms with Gasteiger partial charge in [0.25, 0.3) is 0 Å². The summed E-state index contributed by atoms with van der Waals surface area (Å²) in [5.41, 5.74) is 6.11. The highest BCUT2D eigenvalue weighted by molar-refractivity contribution is 6.30. The molecule has 0 radical (unpaired) electrons. The number of carboxylic acids is 2. The number of carbonyl (C=O) groups is 2. The van der Waals surface area contributed by atoms with E-state index in [1.54, 1.807) is 24.3 Å². The predicted octanol–water partition coefficient (Wildman–Crippen LogP) is -0.200. The first-order valence-electron chi connectivity index (χ1n) is 4.58. The topological polar surface area (TPSA) is 141 Å². The lowest BCUT2D eigenvalue weighted by atomic mass is 10.2. The van der Waals surface area contributed by atoms with Crippen LogP contribution in [-0.2, 0) is 9.59 Å². The van der Waals surface area contributed by atoms with Gasteiger partial charge in [0, 0.05) is 10.7 Å². The van der Waals surface area contributed by atoms with Crippen molar-refractivity contribution in [2.75, 3.05) is 5.73 Å². The third-order valence-corrected chi connectivity index (χ3v) is 1.93. The van der Waals surface area contributed by atoms with Crippen LogP contribution < -0.4 is 5.73 Å². The number of hydrogen-bond acceptors (Lipinski definition) is 5. The third-order valence-electron chi connectivity index (χ3n) is 1.68. The standard InChI is InChI=1S/C6H6ClN.C4H6O6/c7-5-1-3-6(8)4-2-5;5-1(3(7)8)2(6)4(9)10/h1-4H,8H2;1-2,5-6H,(H,7,8)(H,9,10). The molecule has 2 unspecified atom stereocenters. The van der Waals surface area contributed by atoms with Crippen LogP contribution in [0.2, 0.25) is 5.02 Å². The Morgan fingerprint density at radius 1 is 1.00 bits per heavy atom. The smallest absolute Gasteiger partial charge is 0.335 e. The van der Waals surface area contributed by atoms with Crippen LogP contribution in [0.3, 0.4) is 0 Å². The maximum absolute atomic E-state index is 9.77. The van der Waals surface area contributed by atoms with E-state index in [-0.39, 0.29) is 0 Å². The quantitative estimate of drug-likeness (QED) is 0.482. The van der Waals surface area contributed by atoms with E-state index in [1.807, 2.05) is 0 Å². The number of anilines is 1. The van der Waals surface area contributed by atoms with Gasteiger partial charge in [0.1, 0.15) is 0 Å². The van der Waals surface area contributed by atoms with E-state index in [0.717, 1.165) is 10.7 Å². The highest BCUT2D eigenvalue weighted by Crippen LogP contribution is 2.09. The summed E-state index contributed by atoms with van der Waals surface area (Å²) < 4.78 is 0. The molecule has 0 heterocycles. The minimum atomic E-state index is -2.27. The molecule has 7 nitrogen and oxygen atoms in total. The summed E-state index contributed by atoms with van der Waals surface area (Å²) >= 11 is 5.56. The number of nitrogen functional groups attached to an aromatic ring is 1. The van der Waals surface area contributed by atoms with Gasteiger partial charge in [-0.1, -0.05) is 11.6 Å². The zero-order chi connectivity index (χ0) is 14.3. The number of aliphatic carboxylic acids is 2. The zero-order valence-electron chi connectivity index (χ0n) is 9.02. The fraction of sp³-hybridized carbons (Fsp3) is 0.200. The fourth-order valence-electron chi connectivity index (χ4n) is 0.733. The summed E-state index contributed by atoms with van der Waals surface area (Å²) in [6.45, 7) is 0. The van der Waals surface area contributed by atoms with Gasteiger partial charge in [0.15, 0.2) is 12.2 Å². The molecule has 0 aromatic heterocycles. The molecule has 2 atom stereocenters. The molecule has 0 saturated heterocycles. The summed E-state index contributed by atoms with van der Waals surface area (Å²) in [6.07, 6.45) is -4.53. The maximum Gasteiger partial charge on any atom is 0.335 e. The second-order valence-electron chi connectivity index (χ2n) is 3.12. The largest absolute Gasteiger partial charge is 0.479 e. The number of hydrogen-bond donors (Lipinski definition) is 5. The fourth-order valence-corrected chi connectivity index (χ4v) is 0.859. The Balaban J connectivity index is 0.000000327. The first kappa shape index (κ1) is 16.2. The predicted molar refractivity (Wildman–Crippen MR) is 63.1 cm³/mol. The van der Waals surface area contributed by atoms with E-state index < -0.39 is 24.1 Å². The van der Waals surface area contributed by atoms with Gasteiger partial charge in [-0.05, 0) is 24.3 Å². The number of nitrogens with two attached hydrogens (primary N) is 1. The van der Waals surface area contributed by atoms with Gasteiger partial charge in [-0.2, -0.15) is 0 Å². The van der Waals surface area contributed by atoms with Crippen molar-refractivity contribution in [3.05, 3.63) is 29.3 Å². The molecule has 18 heavy (non-hydrogen) atoms. The van der Waals surface area contributed by atoms with Crippen molar-refractivity contribution in [2.24, 2.45) is 0 Å². The molecule has 6 N–H and O–H groups in total. The lowest BCUT2D eigenvalue weighted by Crippen LogP contribution is -2.39. The summed E-state index contributed by atoms with van der Waals surface area (Å²) in [7, 11) is 0. The summed E-state index contributed by atoms with van der Waals surface area (Å²) in [4.78, 5) is 19.5. The molecule has 0 fully saturated rings. The Hall–Kier alpha value is -1.83. The van der Waals surface area contributed by atoms with Crippen molar-refractivity contribution in [1.29, 1.82) is 0 Å². The van der Waals surface area contributed by atoms with Crippen molar-refractivity contribution in [3.8, 4) is 0 Å². The van der Waals surface area contributed by atoms with Crippen LogP contribution >= 0.6 is 11.6 Å². The lowest BCUT2D eigenvalue weighted by molar-refractivity contribution is -0.165. The number of aliphatic hydroxyl groups is 2. The maximum atomic E-state index is 9.77. The molecule has 1 aromatic rings. The molecule has 0 aliphatic carbocycles. The van der Waals surface area contributed by atoms with E-state index in [9.17, 15) is 9.59 Å². The van der Waals surface area contributed by atoms with Crippen molar-refractivity contribution in [3.63, 3.8) is 0 Å². The number of rotatable bonds is 3. The summed E-state index contributed by atoms with van der Waals surface area (Å²) in [6, 6.07) is 7.05. The molecule has 8 heteroatoms. The highest BCUT2D eigenvalue weighted by atomic mass is 35.5. The molecule has 1 aromatic carbocycles. The molecule has 100 valence electrons. The second kappa shape index (κ2) is 7.49. The molecule has 0 bridgehead atoms. The van der Waals surface area contributed by atoms with Crippen LogP contribution in [0.1, 0.15) is 0 Å². The SMILES string of the molecule is Nc1ccc(Cl)cc1.O=C(O)C(O)C(O)C(=O)O. The van der Waals surface area contributed by atoms with Gasteiger partial charge in [-0.15, -0.1) is 0 Å². The van der Waals surface area contributed by atoms with Crippen LogP contribution in [-0.4, -0.2) is 44.6 Å². The van der Waals surface area contributed by atoms with Crippen molar-refractivity contribution < 1.29 is 30.0 Å². The monoisotopic (exact) mass is 277 g/mol. The molecule has 0 aliphatic rings. The Morgan fingerprint density at radius 2 is 1.33 bits per heavy atom. The van der Waals surface area contributed by atoms with Crippen LogP contribution in [0.25, 0.3) is 0 Å². The average Bonchev–Trinajstić information content (AvgIpc) is 2.31. The van der Waals surface area contributed by atoms with Gasteiger partial charge in [0.2, 0.25) is 0 Å². The van der Waals surface area contributed by atoms with Crippen LogP contribution in [0.4, 0.5) is 5.69 Å². The van der Waals surface area contributed by atoms with Gasteiger partial charge in [-0.3, -0.25) is 0 Å². The molecule has 0 saturated carbocycles. The van der Waals surface area contributed by atoms with Crippen molar-refractivity contribution in [1.82, 2.24) is 0 Å². The van der Waals surface area contributed by atoms with E-state index >= 15 is 0 Å². The Bertz CT molecular complexity index is 368. The van der Waals surface area contributed by atoms with Crippen molar-refractivity contribution >= 4 is 29.2 Å². The van der Waals surface area contributed by atoms with E-state index in [0.29, 0.717) is 0 Å². The third kappa shape index (κ3) is 6.04. The minimum Gasteiger partial charge on any atom is -0.479 e. The second-order valence-corrected chi connectivity index (χ2v) is 3.55. The average molecular weight is 278 g/mol. The number of halogens is 1. The minimum absolute atomic E-state index is 0.721. The van der Waals surface area contributed by atoms with Gasteiger partial charge >= 0.3 is 11.9 Å². The van der Waals surface area contributed by atoms with Gasteiger partial charge < -0.3 is 26.2 Å². The zero-order valence-corrected chi connectivity index (χ0v) is 9.78. The Morgan fingerprint density at radius 3 is 1.56 bits per heavy atom. The van der Waals surface area contributed by atoms with Crippen LogP contribution in [0.5, 0.6) is 0 Å². The highest BCUT2D eigenvalue weighted by Gasteiger charge is 2.29. The van der Waals surface area contributed by atoms with Gasteiger partial charge in [0.05, 0.1) is 0 Å². The van der Waals surface area contributed by atoms with Crippen LogP contribution in [0, 0.1) is 0 Å². The summed E-state index contributed by atoms with van der Waals surface area (Å²) in [5.74, 6) is -3.54. The van der Waals surface area contributed by atoms with Gasteiger partial charge in [-0.25, -0.2) is 9.59 Å². The first-order valence-corrected chi connectivity index (χ1v) is 4.96. The molecule has 0 amide bonds. The van der Waals surface area contributed by atoms with Crippen molar-refractivity contribution in [2.45, 2.75) is 12.2 Å².